The first-order valence-electron chi connectivity index (χ1n) is 8.29. The molecule has 1 fully saturated rings. The molecule has 0 bridgehead atoms. The van der Waals surface area contributed by atoms with Gasteiger partial charge in [-0.05, 0) is 13.3 Å². The van der Waals surface area contributed by atoms with E-state index in [1.807, 2.05) is 6.92 Å². The first kappa shape index (κ1) is 16.3. The van der Waals surface area contributed by atoms with E-state index in [9.17, 15) is 24.9 Å². The van der Waals surface area contributed by atoms with E-state index in [1.54, 1.807) is 12.1 Å². The van der Waals surface area contributed by atoms with E-state index in [2.05, 4.69) is 0 Å². The molecule has 2 atom stereocenters. The quantitative estimate of drug-likeness (QED) is 0.535. The van der Waals surface area contributed by atoms with Gasteiger partial charge in [0.15, 0.2) is 0 Å². The van der Waals surface area contributed by atoms with Gasteiger partial charge in [0, 0.05) is 17.7 Å². The number of Topliss-reactive ketones (excluding diaryl/α,β-unsaturated/α-hetero) is 1. The number of benzene rings is 1. The maximum atomic E-state index is 12.6. The van der Waals surface area contributed by atoms with Gasteiger partial charge in [-0.2, -0.15) is 0 Å². The number of allylic oxidation sites excluding steroid dienone is 1. The Morgan fingerprint density at radius 3 is 2.40 bits per heavy atom. The van der Waals surface area contributed by atoms with Crippen LogP contribution in [0.5, 0.6) is 0 Å². The summed E-state index contributed by atoms with van der Waals surface area (Å²) in [5.74, 6) is -6.60. The molecule has 3 aliphatic rings. The Morgan fingerprint density at radius 1 is 1.12 bits per heavy atom. The van der Waals surface area contributed by atoms with E-state index in [0.29, 0.717) is 6.42 Å². The van der Waals surface area contributed by atoms with Gasteiger partial charge in [0.25, 0.3) is 17.5 Å². The van der Waals surface area contributed by atoms with Crippen LogP contribution in [0.2, 0.25) is 0 Å². The Balaban J connectivity index is 2.07. The number of likely N-dealkylation sites (tertiary alicyclic amines) is 1. The van der Waals surface area contributed by atoms with Gasteiger partial charge in [0.1, 0.15) is 5.76 Å². The standard InChI is InChI=1S/C18H19NO6/c1-3-4-9-19-15(21)14(20)13-10(2)25-18(24)12-8-6-5-7-11(12)17(22,23)16(13,18)19/h5-8,22-24H,3-4,9H2,1-2H3/t16-,18+/m0/s1. The highest BCUT2D eigenvalue weighted by Gasteiger charge is 2.84. The number of amides is 1. The smallest absolute Gasteiger partial charge is 0.295 e. The maximum absolute atomic E-state index is 12.6. The van der Waals surface area contributed by atoms with Crippen LogP contribution in [0.4, 0.5) is 0 Å². The summed E-state index contributed by atoms with van der Waals surface area (Å²) in [6.45, 7) is 3.45. The summed E-state index contributed by atoms with van der Waals surface area (Å²) in [4.78, 5) is 26.3. The van der Waals surface area contributed by atoms with Crippen LogP contribution in [0.1, 0.15) is 37.8 Å². The van der Waals surface area contributed by atoms with Crippen LogP contribution in [-0.2, 0) is 25.9 Å². The summed E-state index contributed by atoms with van der Waals surface area (Å²) >= 11 is 0. The van der Waals surface area contributed by atoms with Crippen LogP contribution in [0.15, 0.2) is 35.6 Å². The van der Waals surface area contributed by atoms with Crippen molar-refractivity contribution in [3.05, 3.63) is 46.7 Å². The maximum Gasteiger partial charge on any atom is 0.295 e. The number of carbonyl (C=O) groups excluding carboxylic acids is 2. The zero-order valence-corrected chi connectivity index (χ0v) is 13.9. The van der Waals surface area contributed by atoms with Crippen molar-refractivity contribution in [2.75, 3.05) is 6.54 Å². The van der Waals surface area contributed by atoms with Crippen molar-refractivity contribution in [2.24, 2.45) is 0 Å². The third-order valence-electron chi connectivity index (χ3n) is 5.48. The van der Waals surface area contributed by atoms with E-state index in [-0.39, 0.29) is 29.0 Å². The fourth-order valence-corrected chi connectivity index (χ4v) is 4.51. The van der Waals surface area contributed by atoms with Crippen molar-refractivity contribution in [3.63, 3.8) is 0 Å². The van der Waals surface area contributed by atoms with E-state index in [4.69, 9.17) is 4.74 Å². The fourth-order valence-electron chi connectivity index (χ4n) is 4.51. The molecule has 2 aliphatic heterocycles. The predicted molar refractivity (Wildman–Crippen MR) is 84.6 cm³/mol. The lowest BCUT2D eigenvalue weighted by Crippen LogP contribution is -2.66. The number of aliphatic hydroxyl groups is 3. The molecule has 1 aromatic carbocycles. The molecule has 1 saturated heterocycles. The molecular weight excluding hydrogens is 326 g/mol. The predicted octanol–water partition coefficient (Wildman–Crippen LogP) is 0.237. The van der Waals surface area contributed by atoms with Gasteiger partial charge in [-0.1, -0.05) is 37.6 Å². The van der Waals surface area contributed by atoms with Crippen LogP contribution in [-0.4, -0.2) is 44.0 Å². The van der Waals surface area contributed by atoms with Crippen molar-refractivity contribution < 1.29 is 29.6 Å². The van der Waals surface area contributed by atoms with Gasteiger partial charge in [-0.15, -0.1) is 0 Å². The van der Waals surface area contributed by atoms with E-state index in [0.717, 1.165) is 11.3 Å². The van der Waals surface area contributed by atoms with E-state index >= 15 is 0 Å². The second-order valence-corrected chi connectivity index (χ2v) is 6.74. The summed E-state index contributed by atoms with van der Waals surface area (Å²) in [5, 5.41) is 33.6. The Labute approximate surface area is 144 Å². The highest BCUT2D eigenvalue weighted by molar-refractivity contribution is 6.46. The summed E-state index contributed by atoms with van der Waals surface area (Å²) in [7, 11) is 0. The molecule has 0 aromatic heterocycles. The van der Waals surface area contributed by atoms with Gasteiger partial charge in [0.05, 0.1) is 5.57 Å². The van der Waals surface area contributed by atoms with Gasteiger partial charge in [-0.25, -0.2) is 0 Å². The Hall–Kier alpha value is -2.22. The minimum Gasteiger partial charge on any atom is -0.459 e. The minimum absolute atomic E-state index is 0.0199. The molecule has 4 rings (SSSR count). The van der Waals surface area contributed by atoms with Gasteiger partial charge < -0.3 is 25.0 Å². The molecule has 25 heavy (non-hydrogen) atoms. The molecule has 1 amide bonds. The molecule has 7 heteroatoms. The lowest BCUT2D eigenvalue weighted by molar-refractivity contribution is -0.315. The number of nitrogens with zero attached hydrogens (tertiary/aromatic N) is 1. The number of ketones is 1. The van der Waals surface area contributed by atoms with Crippen molar-refractivity contribution >= 4 is 11.7 Å². The van der Waals surface area contributed by atoms with Crippen molar-refractivity contribution in [3.8, 4) is 0 Å². The van der Waals surface area contributed by atoms with Crippen LogP contribution in [0.25, 0.3) is 0 Å². The molecule has 0 saturated carbocycles. The van der Waals surface area contributed by atoms with Crippen LogP contribution in [0.3, 0.4) is 0 Å². The van der Waals surface area contributed by atoms with Gasteiger partial charge >= 0.3 is 0 Å². The first-order chi connectivity index (χ1) is 11.7. The lowest BCUT2D eigenvalue weighted by atomic mass is 9.79. The number of ether oxygens (including phenoxy) is 1. The monoisotopic (exact) mass is 345 g/mol. The first-order valence-corrected chi connectivity index (χ1v) is 8.29. The normalized spacial score (nSPS) is 32.0. The molecule has 132 valence electrons. The number of hydrogen-bond donors (Lipinski definition) is 3. The average Bonchev–Trinajstić information content (AvgIpc) is 3.02. The SMILES string of the molecule is CCCCN1C(=O)C(=O)C2=C(C)O[C@]3(O)c4ccccc4C(O)(O)[C@]213. The number of rotatable bonds is 3. The largest absolute Gasteiger partial charge is 0.459 e. The minimum atomic E-state index is -2.67. The molecule has 3 N–H and O–H groups in total. The van der Waals surface area contributed by atoms with E-state index < -0.39 is 28.8 Å². The number of hydrogen-bond acceptors (Lipinski definition) is 6. The molecule has 1 spiro atoms. The molecule has 0 unspecified atom stereocenters. The van der Waals surface area contributed by atoms with Crippen LogP contribution < -0.4 is 0 Å². The molecule has 0 radical (unpaired) electrons. The highest BCUT2D eigenvalue weighted by Crippen LogP contribution is 2.66. The zero-order chi connectivity index (χ0) is 18.2. The number of fused-ring (bicyclic) bond motifs is 2. The van der Waals surface area contributed by atoms with Crippen LogP contribution >= 0.6 is 0 Å². The number of unbranched alkanes of at least 4 members (excludes halogenated alkanes) is 1. The highest BCUT2D eigenvalue weighted by atomic mass is 16.6. The Bertz CT molecular complexity index is 844. The summed E-state index contributed by atoms with van der Waals surface area (Å²) < 4.78 is 5.62. The van der Waals surface area contributed by atoms with Crippen molar-refractivity contribution in [1.29, 1.82) is 0 Å². The molecule has 2 heterocycles. The Morgan fingerprint density at radius 2 is 1.76 bits per heavy atom. The second kappa shape index (κ2) is 4.69. The molecular formula is C18H19NO6. The summed E-state index contributed by atoms with van der Waals surface area (Å²) in [6.07, 6.45) is 1.26. The third-order valence-corrected chi connectivity index (χ3v) is 5.48. The Kier molecular flexibility index (Phi) is 3.05. The zero-order valence-electron chi connectivity index (χ0n) is 13.9. The fraction of sp³-hybridized carbons (Fsp3) is 0.444. The van der Waals surface area contributed by atoms with Crippen molar-refractivity contribution in [2.45, 2.75) is 43.8 Å². The number of carbonyl (C=O) groups is 2. The molecule has 1 aliphatic carbocycles. The average molecular weight is 345 g/mol. The van der Waals surface area contributed by atoms with E-state index in [1.165, 1.54) is 19.1 Å². The van der Waals surface area contributed by atoms with Gasteiger partial charge in [-0.3, -0.25) is 9.59 Å². The molecule has 7 nitrogen and oxygen atoms in total. The van der Waals surface area contributed by atoms with Crippen LogP contribution in [0, 0.1) is 0 Å². The second-order valence-electron chi connectivity index (χ2n) is 6.74. The summed E-state index contributed by atoms with van der Waals surface area (Å²) in [5.41, 5.74) is -2.13. The molecule has 1 aromatic rings. The topological polar surface area (TPSA) is 107 Å². The van der Waals surface area contributed by atoms with Gasteiger partial charge in [0.2, 0.25) is 11.3 Å². The third kappa shape index (κ3) is 1.48. The lowest BCUT2D eigenvalue weighted by Gasteiger charge is -2.45. The summed E-state index contributed by atoms with van der Waals surface area (Å²) in [6, 6.07) is 6.17. The van der Waals surface area contributed by atoms with Crippen molar-refractivity contribution in [1.82, 2.24) is 4.90 Å².